The summed E-state index contributed by atoms with van der Waals surface area (Å²) in [6, 6.07) is 3.90. The number of rotatable bonds is 4. The molecule has 0 bridgehead atoms. The molecule has 0 saturated heterocycles. The minimum absolute atomic E-state index is 0.0182. The summed E-state index contributed by atoms with van der Waals surface area (Å²) in [6.07, 6.45) is 4.66. The molecule has 90 valence electrons. The van der Waals surface area contributed by atoms with Gasteiger partial charge in [0.05, 0.1) is 7.11 Å². The molecule has 1 fully saturated rings. The Kier molecular flexibility index (Phi) is 3.42. The zero-order valence-electron chi connectivity index (χ0n) is 9.76. The Morgan fingerprint density at radius 3 is 3.00 bits per heavy atom. The van der Waals surface area contributed by atoms with Crippen LogP contribution >= 0.6 is 0 Å². The van der Waals surface area contributed by atoms with Crippen molar-refractivity contribution in [2.75, 3.05) is 7.11 Å². The normalized spacial score (nSPS) is 22.4. The first kappa shape index (κ1) is 11.6. The maximum absolute atomic E-state index is 11.0. The lowest BCUT2D eigenvalue weighted by molar-refractivity contribution is -0.147. The van der Waals surface area contributed by atoms with Crippen molar-refractivity contribution in [2.45, 2.75) is 24.9 Å². The van der Waals surface area contributed by atoms with Crippen LogP contribution in [0.25, 0.3) is 0 Å². The molecule has 0 radical (unpaired) electrons. The summed E-state index contributed by atoms with van der Waals surface area (Å²) in [7, 11) is 1.60. The number of ether oxygens (including phenoxy) is 2. The number of pyridine rings is 1. The molecule has 1 aromatic heterocycles. The fourth-order valence-corrected chi connectivity index (χ4v) is 1.94. The molecule has 0 aliphatic heterocycles. The molecule has 2 rings (SSSR count). The molecule has 0 atom stereocenters. The highest BCUT2D eigenvalue weighted by Gasteiger charge is 2.33. The van der Waals surface area contributed by atoms with Gasteiger partial charge < -0.3 is 9.47 Å². The molecule has 1 aromatic rings. The van der Waals surface area contributed by atoms with Gasteiger partial charge in [-0.15, -0.1) is 0 Å². The average Bonchev–Trinajstić information content (AvgIpc) is 2.32. The van der Waals surface area contributed by atoms with Gasteiger partial charge in [-0.2, -0.15) is 0 Å². The third-order valence-electron chi connectivity index (χ3n) is 2.98. The van der Waals surface area contributed by atoms with Gasteiger partial charge in [0.1, 0.15) is 6.10 Å². The summed E-state index contributed by atoms with van der Waals surface area (Å²) in [6.45, 7) is 3.37. The van der Waals surface area contributed by atoms with E-state index in [4.69, 9.17) is 9.47 Å². The highest BCUT2D eigenvalue weighted by molar-refractivity contribution is 5.81. The molecular formula is C13H15NO3. The van der Waals surface area contributed by atoms with E-state index in [-0.39, 0.29) is 12.1 Å². The van der Waals surface area contributed by atoms with Crippen molar-refractivity contribution in [1.29, 1.82) is 0 Å². The number of hydrogen-bond acceptors (Lipinski definition) is 4. The number of methoxy groups -OCH3 is 1. The fourth-order valence-electron chi connectivity index (χ4n) is 1.94. The van der Waals surface area contributed by atoms with Gasteiger partial charge >= 0.3 is 5.97 Å². The Labute approximate surface area is 100 Å². The largest absolute Gasteiger partial charge is 0.481 e. The average molecular weight is 233 g/mol. The Morgan fingerprint density at radius 2 is 2.35 bits per heavy atom. The number of aromatic nitrogens is 1. The van der Waals surface area contributed by atoms with E-state index in [0.717, 1.165) is 12.8 Å². The Hall–Kier alpha value is -1.84. The topological polar surface area (TPSA) is 48.4 Å². The molecule has 17 heavy (non-hydrogen) atoms. The third-order valence-corrected chi connectivity index (χ3v) is 2.98. The van der Waals surface area contributed by atoms with Crippen LogP contribution in [0.1, 0.15) is 24.3 Å². The molecule has 1 heterocycles. The number of carbonyl (C=O) groups excluding carboxylic acids is 1. The van der Waals surface area contributed by atoms with Crippen molar-refractivity contribution in [3.63, 3.8) is 0 Å². The van der Waals surface area contributed by atoms with Crippen LogP contribution in [0.15, 0.2) is 31.0 Å². The van der Waals surface area contributed by atoms with Gasteiger partial charge in [0.15, 0.2) is 0 Å². The van der Waals surface area contributed by atoms with Gasteiger partial charge in [-0.25, -0.2) is 9.78 Å². The van der Waals surface area contributed by atoms with E-state index < -0.39 is 0 Å². The van der Waals surface area contributed by atoms with Crippen LogP contribution in [0, 0.1) is 0 Å². The second kappa shape index (κ2) is 4.99. The Bertz CT molecular complexity index is 424. The lowest BCUT2D eigenvalue weighted by Gasteiger charge is -2.34. The van der Waals surface area contributed by atoms with E-state index in [1.165, 1.54) is 11.6 Å². The van der Waals surface area contributed by atoms with Crippen molar-refractivity contribution in [2.24, 2.45) is 0 Å². The van der Waals surface area contributed by atoms with Gasteiger partial charge in [-0.3, -0.25) is 0 Å². The standard InChI is InChI=1S/C13H15NO3/c1-3-13(15)17-11-6-10(7-11)9-4-5-14-12(8-9)16-2/h3-5,8,10-11H,1,6-7H2,2H3. The first-order valence-corrected chi connectivity index (χ1v) is 5.56. The third kappa shape index (κ3) is 2.64. The number of carbonyl (C=O) groups is 1. The van der Waals surface area contributed by atoms with Crippen LogP contribution in [0.4, 0.5) is 0 Å². The number of hydrogen-bond donors (Lipinski definition) is 0. The first-order valence-electron chi connectivity index (χ1n) is 5.56. The summed E-state index contributed by atoms with van der Waals surface area (Å²) < 4.78 is 10.2. The molecule has 1 aliphatic rings. The second-order valence-corrected chi connectivity index (χ2v) is 4.06. The van der Waals surface area contributed by atoms with Gasteiger partial charge in [0, 0.05) is 18.3 Å². The van der Waals surface area contributed by atoms with E-state index in [0.29, 0.717) is 11.8 Å². The Balaban J connectivity index is 1.90. The molecule has 0 amide bonds. The van der Waals surface area contributed by atoms with Crippen LogP contribution in [0.5, 0.6) is 5.88 Å². The monoisotopic (exact) mass is 233 g/mol. The smallest absolute Gasteiger partial charge is 0.330 e. The van der Waals surface area contributed by atoms with Crippen LogP contribution in [-0.2, 0) is 9.53 Å². The van der Waals surface area contributed by atoms with E-state index in [1.807, 2.05) is 12.1 Å². The number of esters is 1. The minimum atomic E-state index is -0.347. The molecular weight excluding hydrogens is 218 g/mol. The zero-order valence-corrected chi connectivity index (χ0v) is 9.76. The van der Waals surface area contributed by atoms with Crippen LogP contribution in [0.2, 0.25) is 0 Å². The summed E-state index contributed by atoms with van der Waals surface area (Å²) in [5.41, 5.74) is 1.18. The maximum atomic E-state index is 11.0. The highest BCUT2D eigenvalue weighted by Crippen LogP contribution is 2.39. The molecule has 4 heteroatoms. The Morgan fingerprint density at radius 1 is 1.59 bits per heavy atom. The van der Waals surface area contributed by atoms with Crippen molar-refractivity contribution in [3.8, 4) is 5.88 Å². The first-order chi connectivity index (χ1) is 8.22. The van der Waals surface area contributed by atoms with E-state index in [2.05, 4.69) is 11.6 Å². The molecule has 4 nitrogen and oxygen atoms in total. The molecule has 0 N–H and O–H groups in total. The highest BCUT2D eigenvalue weighted by atomic mass is 16.5. The summed E-state index contributed by atoms with van der Waals surface area (Å²) in [4.78, 5) is 15.0. The number of nitrogens with zero attached hydrogens (tertiary/aromatic N) is 1. The lowest BCUT2D eigenvalue weighted by Crippen LogP contribution is -2.31. The van der Waals surface area contributed by atoms with Gasteiger partial charge in [0.25, 0.3) is 0 Å². The minimum Gasteiger partial charge on any atom is -0.481 e. The lowest BCUT2D eigenvalue weighted by atomic mass is 9.78. The van der Waals surface area contributed by atoms with Gasteiger partial charge in [0.2, 0.25) is 5.88 Å². The molecule has 0 unspecified atom stereocenters. The van der Waals surface area contributed by atoms with Crippen LogP contribution < -0.4 is 4.74 Å². The van der Waals surface area contributed by atoms with Gasteiger partial charge in [-0.1, -0.05) is 6.58 Å². The quantitative estimate of drug-likeness (QED) is 0.590. The summed E-state index contributed by atoms with van der Waals surface area (Å²) in [5.74, 6) is 0.698. The molecule has 0 aromatic carbocycles. The van der Waals surface area contributed by atoms with Crippen LogP contribution in [-0.4, -0.2) is 24.2 Å². The summed E-state index contributed by atoms with van der Waals surface area (Å²) in [5, 5.41) is 0. The van der Waals surface area contributed by atoms with E-state index in [9.17, 15) is 4.79 Å². The van der Waals surface area contributed by atoms with E-state index >= 15 is 0 Å². The molecule has 1 saturated carbocycles. The maximum Gasteiger partial charge on any atom is 0.330 e. The second-order valence-electron chi connectivity index (χ2n) is 4.06. The molecule has 1 aliphatic carbocycles. The predicted octanol–water partition coefficient (Wildman–Crippen LogP) is 2.07. The van der Waals surface area contributed by atoms with Crippen LogP contribution in [0.3, 0.4) is 0 Å². The summed E-state index contributed by atoms with van der Waals surface area (Å²) >= 11 is 0. The van der Waals surface area contributed by atoms with Crippen molar-refractivity contribution >= 4 is 5.97 Å². The van der Waals surface area contributed by atoms with Gasteiger partial charge in [-0.05, 0) is 30.4 Å². The predicted molar refractivity (Wildman–Crippen MR) is 62.8 cm³/mol. The molecule has 0 spiro atoms. The van der Waals surface area contributed by atoms with Crippen molar-refractivity contribution < 1.29 is 14.3 Å². The van der Waals surface area contributed by atoms with Crippen molar-refractivity contribution in [3.05, 3.63) is 36.5 Å². The van der Waals surface area contributed by atoms with Crippen molar-refractivity contribution in [1.82, 2.24) is 4.98 Å². The zero-order chi connectivity index (χ0) is 12.3. The SMILES string of the molecule is C=CC(=O)OC1CC(c2ccnc(OC)c2)C1. The van der Waals surface area contributed by atoms with E-state index in [1.54, 1.807) is 13.3 Å². The fraction of sp³-hybridized carbons (Fsp3) is 0.385.